The molecule has 2 heterocycles. The number of ether oxygens (including phenoxy) is 1. The van der Waals surface area contributed by atoms with E-state index in [2.05, 4.69) is 0 Å². The highest BCUT2D eigenvalue weighted by Crippen LogP contribution is 2.29. The molecular weight excluding hydrogens is 404 g/mol. The van der Waals surface area contributed by atoms with Crippen LogP contribution in [0, 0.1) is 6.92 Å². The predicted molar refractivity (Wildman–Crippen MR) is 117 cm³/mol. The third kappa shape index (κ3) is 4.39. The van der Waals surface area contributed by atoms with Crippen LogP contribution in [-0.2, 0) is 24.2 Å². The van der Waals surface area contributed by atoms with E-state index >= 15 is 0 Å². The van der Waals surface area contributed by atoms with Crippen molar-refractivity contribution in [2.75, 3.05) is 6.61 Å². The van der Waals surface area contributed by atoms with Crippen LogP contribution in [0.15, 0.2) is 39.9 Å². The summed E-state index contributed by atoms with van der Waals surface area (Å²) in [6.07, 6.45) is 0.586. The molecule has 0 aliphatic carbocycles. The maximum Gasteiger partial charge on any atom is 0.348 e. The first-order chi connectivity index (χ1) is 14.1. The first kappa shape index (κ1) is 22.0. The number of benzene rings is 1. The minimum absolute atomic E-state index is 0.143. The topological polar surface area (TPSA) is 90.5 Å². The van der Waals surface area contributed by atoms with E-state index in [1.807, 2.05) is 30.3 Å². The van der Waals surface area contributed by atoms with E-state index in [-0.39, 0.29) is 13.2 Å². The molecule has 0 fully saturated rings. The summed E-state index contributed by atoms with van der Waals surface area (Å²) in [6.45, 7) is 6.91. The maximum absolute atomic E-state index is 13.2. The molecular formula is C22H26N2O5S. The van der Waals surface area contributed by atoms with Gasteiger partial charge in [0.25, 0.3) is 5.56 Å². The standard InChI is InChI=1S/C22H26N2O5S/c1-5-29-20(26)17-14(2)16-18(25)24(13-22(3,4)28)21(27)23(19(16)30-17)12-11-15-9-7-6-8-10-15/h6-10,28H,5,11-13H2,1-4H3. The summed E-state index contributed by atoms with van der Waals surface area (Å²) < 4.78 is 7.70. The van der Waals surface area contributed by atoms with Crippen LogP contribution in [0.5, 0.6) is 0 Å². The third-order valence-corrected chi connectivity index (χ3v) is 6.06. The Morgan fingerprint density at radius 3 is 2.43 bits per heavy atom. The average Bonchev–Trinajstić information content (AvgIpc) is 3.03. The molecule has 1 aromatic carbocycles. The number of rotatable bonds is 7. The zero-order valence-corrected chi connectivity index (χ0v) is 18.4. The van der Waals surface area contributed by atoms with E-state index in [0.717, 1.165) is 21.5 Å². The van der Waals surface area contributed by atoms with Gasteiger partial charge in [0, 0.05) is 6.54 Å². The van der Waals surface area contributed by atoms with Gasteiger partial charge >= 0.3 is 11.7 Å². The van der Waals surface area contributed by atoms with Gasteiger partial charge in [-0.05, 0) is 45.2 Å². The van der Waals surface area contributed by atoms with Crippen LogP contribution >= 0.6 is 11.3 Å². The molecule has 7 nitrogen and oxygen atoms in total. The Morgan fingerprint density at radius 1 is 1.17 bits per heavy atom. The average molecular weight is 431 g/mol. The molecule has 0 aliphatic rings. The van der Waals surface area contributed by atoms with Gasteiger partial charge < -0.3 is 9.84 Å². The number of thiophene rings is 1. The largest absolute Gasteiger partial charge is 0.462 e. The molecule has 2 aromatic heterocycles. The quantitative estimate of drug-likeness (QED) is 0.582. The number of aliphatic hydroxyl groups is 1. The van der Waals surface area contributed by atoms with Crippen LogP contribution in [0.4, 0.5) is 0 Å². The number of fused-ring (bicyclic) bond motifs is 1. The normalized spacial score (nSPS) is 11.8. The molecule has 0 saturated heterocycles. The first-order valence-electron chi connectivity index (χ1n) is 9.84. The van der Waals surface area contributed by atoms with E-state index in [4.69, 9.17) is 4.74 Å². The van der Waals surface area contributed by atoms with Crippen LogP contribution in [0.3, 0.4) is 0 Å². The molecule has 0 radical (unpaired) electrons. The Balaban J connectivity index is 2.23. The highest BCUT2D eigenvalue weighted by Gasteiger charge is 2.25. The Hall–Kier alpha value is -2.71. The van der Waals surface area contributed by atoms with E-state index in [9.17, 15) is 19.5 Å². The van der Waals surface area contributed by atoms with Crippen molar-refractivity contribution in [1.82, 2.24) is 9.13 Å². The Kier molecular flexibility index (Phi) is 6.28. The van der Waals surface area contributed by atoms with Crippen LogP contribution in [0.2, 0.25) is 0 Å². The van der Waals surface area contributed by atoms with Gasteiger partial charge in [-0.2, -0.15) is 0 Å². The Labute approximate surface area is 178 Å². The van der Waals surface area contributed by atoms with Gasteiger partial charge in [0.05, 0.1) is 24.1 Å². The van der Waals surface area contributed by atoms with Crippen LogP contribution in [0.1, 0.15) is 41.6 Å². The molecule has 160 valence electrons. The number of nitrogens with zero attached hydrogens (tertiary/aromatic N) is 2. The van der Waals surface area contributed by atoms with Crippen molar-refractivity contribution in [3.63, 3.8) is 0 Å². The summed E-state index contributed by atoms with van der Waals surface area (Å²) in [5, 5.41) is 10.6. The molecule has 3 aromatic rings. The number of aromatic nitrogens is 2. The number of hydrogen-bond acceptors (Lipinski definition) is 6. The summed E-state index contributed by atoms with van der Waals surface area (Å²) in [5.41, 5.74) is -0.699. The van der Waals surface area contributed by atoms with Gasteiger partial charge in [0.2, 0.25) is 0 Å². The second-order valence-corrected chi connectivity index (χ2v) is 8.83. The molecule has 0 aliphatic heterocycles. The second-order valence-electron chi connectivity index (χ2n) is 7.83. The van der Waals surface area contributed by atoms with Crippen molar-refractivity contribution in [1.29, 1.82) is 0 Å². The minimum Gasteiger partial charge on any atom is -0.462 e. The van der Waals surface area contributed by atoms with E-state index in [1.54, 1.807) is 27.7 Å². The van der Waals surface area contributed by atoms with Gasteiger partial charge in [0.1, 0.15) is 9.71 Å². The van der Waals surface area contributed by atoms with Gasteiger partial charge in [-0.3, -0.25) is 13.9 Å². The number of hydrogen-bond donors (Lipinski definition) is 1. The van der Waals surface area contributed by atoms with Crippen molar-refractivity contribution in [3.8, 4) is 0 Å². The molecule has 0 unspecified atom stereocenters. The zero-order chi connectivity index (χ0) is 22.1. The molecule has 30 heavy (non-hydrogen) atoms. The second kappa shape index (κ2) is 8.57. The maximum atomic E-state index is 13.2. The summed E-state index contributed by atoms with van der Waals surface area (Å²) in [6, 6.07) is 9.72. The monoisotopic (exact) mass is 430 g/mol. The van der Waals surface area contributed by atoms with Crippen molar-refractivity contribution < 1.29 is 14.6 Å². The van der Waals surface area contributed by atoms with Crippen molar-refractivity contribution >= 4 is 27.5 Å². The molecule has 3 rings (SSSR count). The lowest BCUT2D eigenvalue weighted by molar-refractivity contribution is 0.0530. The lowest BCUT2D eigenvalue weighted by Crippen LogP contribution is -2.44. The van der Waals surface area contributed by atoms with Crippen molar-refractivity contribution in [2.45, 2.75) is 52.8 Å². The summed E-state index contributed by atoms with van der Waals surface area (Å²) in [5.74, 6) is -0.508. The highest BCUT2D eigenvalue weighted by atomic mass is 32.1. The minimum atomic E-state index is -1.25. The molecule has 0 amide bonds. The number of carbonyl (C=O) groups is 1. The zero-order valence-electron chi connectivity index (χ0n) is 17.6. The summed E-state index contributed by atoms with van der Waals surface area (Å²) in [4.78, 5) is 39.5. The van der Waals surface area contributed by atoms with Crippen molar-refractivity contribution in [2.24, 2.45) is 0 Å². The van der Waals surface area contributed by atoms with Gasteiger partial charge in [-0.1, -0.05) is 30.3 Å². The van der Waals surface area contributed by atoms with Crippen LogP contribution in [-0.4, -0.2) is 32.4 Å². The van der Waals surface area contributed by atoms with Gasteiger partial charge in [-0.25, -0.2) is 9.59 Å². The van der Waals surface area contributed by atoms with Gasteiger partial charge in [0.15, 0.2) is 0 Å². The third-order valence-electron chi connectivity index (χ3n) is 4.77. The molecule has 0 saturated carbocycles. The Morgan fingerprint density at radius 2 is 1.83 bits per heavy atom. The highest BCUT2D eigenvalue weighted by molar-refractivity contribution is 7.20. The fraction of sp³-hybridized carbons (Fsp3) is 0.409. The molecule has 0 bridgehead atoms. The molecule has 0 spiro atoms. The Bertz CT molecular complexity index is 1180. The molecule has 1 N–H and O–H groups in total. The first-order valence-corrected chi connectivity index (χ1v) is 10.7. The summed E-state index contributed by atoms with van der Waals surface area (Å²) in [7, 11) is 0. The molecule has 0 atom stereocenters. The number of carbonyl (C=O) groups excluding carboxylic acids is 1. The van der Waals surface area contributed by atoms with E-state index in [0.29, 0.717) is 33.6 Å². The lowest BCUT2D eigenvalue weighted by Gasteiger charge is -2.19. The molecule has 8 heteroatoms. The SMILES string of the molecule is CCOC(=O)c1sc2c(c1C)c(=O)n(CC(C)(C)O)c(=O)n2CCc1ccccc1. The smallest absolute Gasteiger partial charge is 0.348 e. The predicted octanol–water partition coefficient (Wildman–Crippen LogP) is 2.72. The number of aryl methyl sites for hydroxylation is 3. The van der Waals surface area contributed by atoms with Crippen LogP contribution in [0.25, 0.3) is 10.2 Å². The fourth-order valence-electron chi connectivity index (χ4n) is 3.40. The van der Waals surface area contributed by atoms with E-state index in [1.165, 1.54) is 4.57 Å². The number of esters is 1. The van der Waals surface area contributed by atoms with Crippen molar-refractivity contribution in [3.05, 3.63) is 67.2 Å². The van der Waals surface area contributed by atoms with E-state index < -0.39 is 22.8 Å². The lowest BCUT2D eigenvalue weighted by atomic mass is 10.1. The van der Waals surface area contributed by atoms with Crippen LogP contribution < -0.4 is 11.2 Å². The summed E-state index contributed by atoms with van der Waals surface area (Å²) >= 11 is 1.10. The van der Waals surface area contributed by atoms with Gasteiger partial charge in [-0.15, -0.1) is 11.3 Å². The fourth-order valence-corrected chi connectivity index (χ4v) is 4.61.